The van der Waals surface area contributed by atoms with E-state index in [4.69, 9.17) is 9.47 Å². The molecule has 1 fully saturated rings. The molecule has 1 aliphatic rings. The Morgan fingerprint density at radius 3 is 2.94 bits per heavy atom. The molecule has 0 saturated carbocycles. The molecule has 0 N–H and O–H groups in total. The molecule has 1 heterocycles. The Bertz CT molecular complexity index is 347. The molecule has 2 atom stereocenters. The van der Waals surface area contributed by atoms with Crippen molar-refractivity contribution in [1.82, 2.24) is 0 Å². The normalized spacial score (nSPS) is 23.8. The summed E-state index contributed by atoms with van der Waals surface area (Å²) in [6, 6.07) is 10.5. The highest BCUT2D eigenvalue weighted by molar-refractivity contribution is 5.14. The molecule has 18 heavy (non-hydrogen) atoms. The van der Waals surface area contributed by atoms with E-state index in [0.29, 0.717) is 0 Å². The first-order valence-electron chi connectivity index (χ1n) is 6.80. The Balaban J connectivity index is 1.67. The molecular formula is C16H22O2. The third-order valence-electron chi connectivity index (χ3n) is 3.33. The summed E-state index contributed by atoms with van der Waals surface area (Å²) < 4.78 is 11.5. The summed E-state index contributed by atoms with van der Waals surface area (Å²) in [6.45, 7) is 5.44. The van der Waals surface area contributed by atoms with E-state index < -0.39 is 0 Å². The Kier molecular flexibility index (Phi) is 5.43. The van der Waals surface area contributed by atoms with E-state index in [1.807, 2.05) is 12.1 Å². The first kappa shape index (κ1) is 13.3. The summed E-state index contributed by atoms with van der Waals surface area (Å²) in [5.41, 5.74) is 1.38. The van der Waals surface area contributed by atoms with Gasteiger partial charge in [0.2, 0.25) is 0 Å². The van der Waals surface area contributed by atoms with Crippen LogP contribution < -0.4 is 0 Å². The fraction of sp³-hybridized carbons (Fsp3) is 0.500. The maximum atomic E-state index is 5.91. The summed E-state index contributed by atoms with van der Waals surface area (Å²) in [6.07, 6.45) is 6.45. The molecule has 2 nitrogen and oxygen atoms in total. The van der Waals surface area contributed by atoms with E-state index in [2.05, 4.69) is 30.8 Å². The molecule has 0 amide bonds. The van der Waals surface area contributed by atoms with Crippen LogP contribution >= 0.6 is 0 Å². The van der Waals surface area contributed by atoms with Gasteiger partial charge in [-0.05, 0) is 31.2 Å². The van der Waals surface area contributed by atoms with Crippen molar-refractivity contribution in [3.05, 3.63) is 48.6 Å². The summed E-state index contributed by atoms with van der Waals surface area (Å²) >= 11 is 0. The number of hydrogen-bond acceptors (Lipinski definition) is 2. The average molecular weight is 246 g/mol. The lowest BCUT2D eigenvalue weighted by Gasteiger charge is -2.29. The lowest BCUT2D eigenvalue weighted by molar-refractivity contribution is -0.0847. The van der Waals surface area contributed by atoms with Crippen LogP contribution in [0.3, 0.4) is 0 Å². The Hall–Kier alpha value is -1.12. The molecule has 2 rings (SSSR count). The fourth-order valence-electron chi connectivity index (χ4n) is 2.33. The SMILES string of the molecule is C=C[C@H]1OCCC[C@H]1OCCCc1ccccc1. The van der Waals surface area contributed by atoms with Crippen LogP contribution in [-0.2, 0) is 15.9 Å². The number of ether oxygens (including phenoxy) is 2. The predicted octanol–water partition coefficient (Wildman–Crippen LogP) is 3.37. The minimum absolute atomic E-state index is 0.0791. The van der Waals surface area contributed by atoms with Gasteiger partial charge in [0.1, 0.15) is 6.10 Å². The average Bonchev–Trinajstić information content (AvgIpc) is 2.45. The second kappa shape index (κ2) is 7.34. The first-order chi connectivity index (χ1) is 8.90. The maximum absolute atomic E-state index is 5.91. The van der Waals surface area contributed by atoms with E-state index in [1.165, 1.54) is 5.56 Å². The minimum Gasteiger partial charge on any atom is -0.375 e. The van der Waals surface area contributed by atoms with Gasteiger partial charge in [-0.2, -0.15) is 0 Å². The third-order valence-corrected chi connectivity index (χ3v) is 3.33. The quantitative estimate of drug-likeness (QED) is 0.566. The van der Waals surface area contributed by atoms with Gasteiger partial charge in [0, 0.05) is 13.2 Å². The summed E-state index contributed by atoms with van der Waals surface area (Å²) in [4.78, 5) is 0. The highest BCUT2D eigenvalue weighted by Gasteiger charge is 2.23. The molecule has 1 aromatic carbocycles. The molecule has 0 bridgehead atoms. The molecule has 1 aliphatic heterocycles. The van der Waals surface area contributed by atoms with Gasteiger partial charge in [-0.15, -0.1) is 6.58 Å². The molecule has 0 unspecified atom stereocenters. The van der Waals surface area contributed by atoms with Crippen molar-refractivity contribution in [2.45, 2.75) is 37.9 Å². The van der Waals surface area contributed by atoms with Crippen LogP contribution in [0.15, 0.2) is 43.0 Å². The van der Waals surface area contributed by atoms with Gasteiger partial charge in [0.15, 0.2) is 0 Å². The van der Waals surface area contributed by atoms with Crippen LogP contribution in [0.5, 0.6) is 0 Å². The van der Waals surface area contributed by atoms with E-state index in [1.54, 1.807) is 0 Å². The molecule has 0 aliphatic carbocycles. The second-order valence-electron chi connectivity index (χ2n) is 4.71. The van der Waals surface area contributed by atoms with Crippen LogP contribution in [0.4, 0.5) is 0 Å². The van der Waals surface area contributed by atoms with Gasteiger partial charge in [-0.3, -0.25) is 0 Å². The fourth-order valence-corrected chi connectivity index (χ4v) is 2.33. The van der Waals surface area contributed by atoms with Gasteiger partial charge in [0.25, 0.3) is 0 Å². The standard InChI is InChI=1S/C16H22O2/c1-2-15-16(11-7-13-17-15)18-12-6-10-14-8-4-3-5-9-14/h2-5,8-9,15-16H,1,6-7,10-13H2/t15-,16-/m1/s1. The topological polar surface area (TPSA) is 18.5 Å². The zero-order valence-corrected chi connectivity index (χ0v) is 10.9. The van der Waals surface area contributed by atoms with Crippen molar-refractivity contribution in [3.63, 3.8) is 0 Å². The van der Waals surface area contributed by atoms with Crippen molar-refractivity contribution < 1.29 is 9.47 Å². The largest absolute Gasteiger partial charge is 0.375 e. The van der Waals surface area contributed by atoms with Crippen molar-refractivity contribution in [2.24, 2.45) is 0 Å². The van der Waals surface area contributed by atoms with Crippen LogP contribution in [0.1, 0.15) is 24.8 Å². The van der Waals surface area contributed by atoms with Gasteiger partial charge in [0.05, 0.1) is 6.10 Å². The van der Waals surface area contributed by atoms with Crippen LogP contribution in [-0.4, -0.2) is 25.4 Å². The van der Waals surface area contributed by atoms with Crippen LogP contribution in [0.2, 0.25) is 0 Å². The van der Waals surface area contributed by atoms with Crippen LogP contribution in [0.25, 0.3) is 0 Å². The van der Waals surface area contributed by atoms with Crippen molar-refractivity contribution >= 4 is 0 Å². The number of benzene rings is 1. The van der Waals surface area contributed by atoms with Crippen molar-refractivity contribution in [1.29, 1.82) is 0 Å². The minimum atomic E-state index is 0.0791. The molecule has 98 valence electrons. The van der Waals surface area contributed by atoms with E-state index >= 15 is 0 Å². The Morgan fingerprint density at radius 1 is 1.33 bits per heavy atom. The highest BCUT2D eigenvalue weighted by atomic mass is 16.5. The van der Waals surface area contributed by atoms with Crippen molar-refractivity contribution in [3.8, 4) is 0 Å². The first-order valence-corrected chi connectivity index (χ1v) is 6.80. The van der Waals surface area contributed by atoms with E-state index in [9.17, 15) is 0 Å². The van der Waals surface area contributed by atoms with Gasteiger partial charge >= 0.3 is 0 Å². The number of hydrogen-bond donors (Lipinski definition) is 0. The summed E-state index contributed by atoms with van der Waals surface area (Å²) in [5, 5.41) is 0. The molecule has 1 saturated heterocycles. The number of rotatable bonds is 6. The molecule has 0 aromatic heterocycles. The Morgan fingerprint density at radius 2 is 2.17 bits per heavy atom. The smallest absolute Gasteiger partial charge is 0.101 e. The highest BCUT2D eigenvalue weighted by Crippen LogP contribution is 2.18. The Labute approximate surface area is 110 Å². The lowest BCUT2D eigenvalue weighted by Crippen LogP contribution is -2.34. The number of aryl methyl sites for hydroxylation is 1. The van der Waals surface area contributed by atoms with Crippen LogP contribution in [0, 0.1) is 0 Å². The molecule has 0 spiro atoms. The van der Waals surface area contributed by atoms with Gasteiger partial charge in [-0.1, -0.05) is 36.4 Å². The predicted molar refractivity (Wildman–Crippen MR) is 73.7 cm³/mol. The zero-order chi connectivity index (χ0) is 12.6. The van der Waals surface area contributed by atoms with Gasteiger partial charge < -0.3 is 9.47 Å². The summed E-state index contributed by atoms with van der Waals surface area (Å²) in [5.74, 6) is 0. The van der Waals surface area contributed by atoms with E-state index in [-0.39, 0.29) is 12.2 Å². The molecule has 2 heteroatoms. The van der Waals surface area contributed by atoms with E-state index in [0.717, 1.165) is 38.9 Å². The van der Waals surface area contributed by atoms with Gasteiger partial charge in [-0.25, -0.2) is 0 Å². The second-order valence-corrected chi connectivity index (χ2v) is 4.71. The molecule has 0 radical (unpaired) electrons. The summed E-state index contributed by atoms with van der Waals surface area (Å²) in [7, 11) is 0. The molecular weight excluding hydrogens is 224 g/mol. The third kappa shape index (κ3) is 3.97. The van der Waals surface area contributed by atoms with Crippen molar-refractivity contribution in [2.75, 3.05) is 13.2 Å². The monoisotopic (exact) mass is 246 g/mol. The zero-order valence-electron chi connectivity index (χ0n) is 10.9. The maximum Gasteiger partial charge on any atom is 0.101 e. The lowest BCUT2D eigenvalue weighted by atomic mass is 10.1. The molecule has 1 aromatic rings.